The predicted molar refractivity (Wildman–Crippen MR) is 319 cm³/mol. The van der Waals surface area contributed by atoms with E-state index in [-0.39, 0.29) is 59.1 Å². The van der Waals surface area contributed by atoms with Crippen LogP contribution >= 0.6 is 0 Å². The van der Waals surface area contributed by atoms with Crippen LogP contribution in [0.15, 0.2) is 69.6 Å². The predicted octanol–water partition coefficient (Wildman–Crippen LogP) is 2.68. The first-order chi connectivity index (χ1) is 41.4. The summed E-state index contributed by atoms with van der Waals surface area (Å²) in [7, 11) is -1.47. The maximum Gasteiger partial charge on any atom is 1.00 e. The quantitative estimate of drug-likeness (QED) is 0.0259. The van der Waals surface area contributed by atoms with E-state index < -0.39 is 33.3 Å². The molecule has 87 heavy (non-hydrogen) atoms. The van der Waals surface area contributed by atoms with Crippen molar-refractivity contribution in [2.75, 3.05) is 184 Å². The van der Waals surface area contributed by atoms with E-state index in [0.717, 1.165) is 27.9 Å². The Morgan fingerprint density at radius 2 is 1.11 bits per heavy atom. The van der Waals surface area contributed by atoms with Crippen LogP contribution in [-0.2, 0) is 97.0 Å². The zero-order valence-electron chi connectivity index (χ0n) is 52.6. The number of nitrogens with zero attached hydrogens (tertiary/aromatic N) is 3. The maximum atomic E-state index is 12.5. The second-order valence-corrected chi connectivity index (χ2v) is 23.1. The second kappa shape index (κ2) is 41.4. The first-order valence-electron chi connectivity index (χ1n) is 29.7. The number of methoxy groups -OCH3 is 2. The van der Waals surface area contributed by atoms with Gasteiger partial charge in [-0.1, -0.05) is 47.1 Å². The average Bonchev–Trinajstić information content (AvgIpc) is 1.82. The van der Waals surface area contributed by atoms with Crippen molar-refractivity contribution in [1.82, 2.24) is 9.64 Å². The Balaban J connectivity index is 0.0000162. The monoisotopic (exact) mass is 1250 g/mol. The Bertz CT molecular complexity index is 2670. The van der Waals surface area contributed by atoms with Crippen molar-refractivity contribution in [1.29, 1.82) is 0 Å². The van der Waals surface area contributed by atoms with Crippen molar-refractivity contribution in [3.63, 3.8) is 0 Å². The fourth-order valence-electron chi connectivity index (χ4n) is 9.37. The molecule has 1 aliphatic carbocycles. The number of imide groups is 1. The molecular formula is C62H93N3NaO20S+. The maximum absolute atomic E-state index is 12.5. The number of anilines is 1. The number of ether oxygens (including phenoxy) is 12. The number of fused-ring (bicyclic) bond motifs is 2. The van der Waals surface area contributed by atoms with Gasteiger partial charge < -0.3 is 75.5 Å². The smallest absolute Gasteiger partial charge is 0.744 e. The minimum atomic E-state index is -4.74. The molecule has 1 fully saturated rings. The summed E-state index contributed by atoms with van der Waals surface area (Å²) in [6.45, 7) is 22.3. The summed E-state index contributed by atoms with van der Waals surface area (Å²) < 4.78 is 112. The molecule has 0 unspecified atom stereocenters. The SMILES string of the molecule is COCCOCCOCCOCCOCCOCC[N+](CCOCCOCCOCCOCCOCCOC)=c1ccc2c(C(C)(C)C)cc(/C=C/C=C3/N(CCCCCC(=O)ON4C(=O)CCC4=O)c4ccc(S(=O)(=O)[O-])cc4C3(C)C)oc-2c1.[Na+]. The van der Waals surface area contributed by atoms with Gasteiger partial charge in [-0.05, 0) is 71.9 Å². The molecule has 3 aliphatic heterocycles. The van der Waals surface area contributed by atoms with Gasteiger partial charge in [0.15, 0.2) is 13.1 Å². The zero-order chi connectivity index (χ0) is 62.1. The van der Waals surface area contributed by atoms with Crippen molar-refractivity contribution < 1.29 is 123 Å². The fourth-order valence-corrected chi connectivity index (χ4v) is 9.86. The minimum Gasteiger partial charge on any atom is -0.744 e. The molecule has 0 aromatic heterocycles. The van der Waals surface area contributed by atoms with Crippen LogP contribution in [0.25, 0.3) is 17.4 Å². The van der Waals surface area contributed by atoms with Gasteiger partial charge in [-0.15, -0.1) is 5.06 Å². The van der Waals surface area contributed by atoms with Crippen LogP contribution in [0, 0.1) is 0 Å². The number of benzene rings is 2. The van der Waals surface area contributed by atoms with Gasteiger partial charge in [0.2, 0.25) is 5.36 Å². The average molecular weight is 1260 g/mol. The molecule has 0 radical (unpaired) electrons. The summed E-state index contributed by atoms with van der Waals surface area (Å²) in [5.74, 6) is -0.433. The van der Waals surface area contributed by atoms with Crippen molar-refractivity contribution in [3.8, 4) is 11.3 Å². The van der Waals surface area contributed by atoms with E-state index in [2.05, 4.69) is 42.4 Å². The molecule has 23 nitrogen and oxygen atoms in total. The van der Waals surface area contributed by atoms with Crippen LogP contribution in [0.1, 0.15) is 90.0 Å². The first kappa shape index (κ1) is 75.4. The fraction of sp³-hybridized carbons (Fsp3) is 0.645. The number of unbranched alkanes of at least 4 members (excludes halogenated alkanes) is 2. The van der Waals surface area contributed by atoms with Gasteiger partial charge >= 0.3 is 35.5 Å². The molecule has 482 valence electrons. The Morgan fingerprint density at radius 1 is 0.644 bits per heavy atom. The van der Waals surface area contributed by atoms with Gasteiger partial charge in [-0.3, -0.25) is 9.59 Å². The summed E-state index contributed by atoms with van der Waals surface area (Å²) >= 11 is 0. The van der Waals surface area contributed by atoms with Crippen LogP contribution in [0.5, 0.6) is 0 Å². The molecule has 25 heteroatoms. The number of carbonyl (C=O) groups is 3. The van der Waals surface area contributed by atoms with Crippen molar-refractivity contribution in [3.05, 3.63) is 82.6 Å². The standard InChI is InChI=1S/C62H93N3O20S.Na/c1-61(2,3)53-47-50(12-11-13-57-62(4,5)54-48-51(86(69,70)71)16-18-55(54)64(57)21-10-8-9-14-60(68)85-65-58(66)19-20-59(65)67)84-56-46-49(15-17-52(53)56)63(22-24-74-30-32-78-38-40-82-44-42-80-36-34-76-28-26-72-6)23-25-75-31-33-79-39-41-83-45-43-81-37-35-77-29-27-73-7;/h11-13,15-18,46-48H,8-10,14,19-45H2,1-7H3;/q;+1. The van der Waals surface area contributed by atoms with E-state index in [4.69, 9.17) is 66.1 Å². The number of carbonyl (C=O) groups excluding carboxylic acids is 3. The summed E-state index contributed by atoms with van der Waals surface area (Å²) in [6.07, 6.45) is 7.53. The van der Waals surface area contributed by atoms with Crippen LogP contribution < -0.4 is 44.4 Å². The number of rotatable bonds is 46. The van der Waals surface area contributed by atoms with E-state index in [1.165, 1.54) is 12.1 Å². The number of allylic oxidation sites excluding steroid dienone is 3. The molecule has 0 N–H and O–H groups in total. The first-order valence-corrected chi connectivity index (χ1v) is 31.1. The van der Waals surface area contributed by atoms with E-state index in [0.29, 0.717) is 206 Å². The molecule has 2 amide bonds. The van der Waals surface area contributed by atoms with Gasteiger partial charge in [-0.2, -0.15) is 0 Å². The van der Waals surface area contributed by atoms with Gasteiger partial charge in [0.25, 0.3) is 11.8 Å². The largest absolute Gasteiger partial charge is 1.00 e. The third-order valence-electron chi connectivity index (χ3n) is 13.9. The van der Waals surface area contributed by atoms with Crippen molar-refractivity contribution in [2.45, 2.75) is 88.9 Å². The molecule has 1 saturated heterocycles. The summed E-state index contributed by atoms with van der Waals surface area (Å²) in [6, 6.07) is 12.7. The van der Waals surface area contributed by atoms with Crippen LogP contribution in [0.3, 0.4) is 0 Å². The van der Waals surface area contributed by atoms with Gasteiger partial charge in [-0.25, -0.2) is 17.8 Å². The van der Waals surface area contributed by atoms with Gasteiger partial charge in [0, 0.05) is 68.5 Å². The van der Waals surface area contributed by atoms with Gasteiger partial charge in [0.05, 0.1) is 143 Å². The van der Waals surface area contributed by atoms with Crippen molar-refractivity contribution in [2.24, 2.45) is 0 Å². The van der Waals surface area contributed by atoms with Crippen LogP contribution in [0.2, 0.25) is 0 Å². The Kier molecular flexibility index (Phi) is 35.9. The van der Waals surface area contributed by atoms with E-state index in [1.807, 2.05) is 44.2 Å². The number of hydroxylamine groups is 2. The topological polar surface area (TPSA) is 251 Å². The molecule has 0 atom stereocenters. The third-order valence-corrected chi connectivity index (χ3v) is 14.8. The number of amides is 2. The third kappa shape index (κ3) is 27.1. The molecule has 3 heterocycles. The summed E-state index contributed by atoms with van der Waals surface area (Å²) in [4.78, 5) is 43.2. The molecule has 1 aromatic rings. The second-order valence-electron chi connectivity index (χ2n) is 21.8. The Morgan fingerprint density at radius 3 is 1.57 bits per heavy atom. The molecule has 4 aliphatic rings. The molecule has 0 saturated carbocycles. The van der Waals surface area contributed by atoms with Crippen molar-refractivity contribution >= 4 is 39.7 Å². The molecule has 0 spiro atoms. The van der Waals surface area contributed by atoms with Crippen LogP contribution in [-0.4, -0.2) is 215 Å². The molecular weight excluding hydrogens is 1160 g/mol. The summed E-state index contributed by atoms with van der Waals surface area (Å²) in [5, 5.41) is 1.47. The minimum absolute atomic E-state index is 0. The van der Waals surface area contributed by atoms with E-state index in [9.17, 15) is 27.4 Å². The van der Waals surface area contributed by atoms with E-state index >= 15 is 0 Å². The summed E-state index contributed by atoms with van der Waals surface area (Å²) in [5.41, 5.74) is 3.36. The molecule has 0 bridgehead atoms. The van der Waals surface area contributed by atoms with E-state index in [1.54, 1.807) is 20.3 Å². The normalized spacial score (nSPS) is 14.7. The van der Waals surface area contributed by atoms with Crippen LogP contribution in [0.4, 0.5) is 5.69 Å². The van der Waals surface area contributed by atoms with Gasteiger partial charge in [0.1, 0.15) is 34.9 Å². The molecule has 1 aromatic carbocycles. The molecule has 5 rings (SSSR count). The number of hydrogen-bond acceptors (Lipinski definition) is 21. The number of hydrogen-bond donors (Lipinski definition) is 0. The zero-order valence-corrected chi connectivity index (χ0v) is 55.4. The Hall–Kier alpha value is -4.03. The Labute approximate surface area is 536 Å².